The monoisotopic (exact) mass is 628 g/mol. The molecular weight excluding hydrogens is 602 g/mol. The van der Waals surface area contributed by atoms with Gasteiger partial charge in [0.1, 0.15) is 23.4 Å². The lowest BCUT2D eigenvalue weighted by molar-refractivity contribution is -0.139. The minimum atomic E-state index is -5.04. The summed E-state index contributed by atoms with van der Waals surface area (Å²) in [5.41, 5.74) is -4.07. The van der Waals surface area contributed by atoms with Crippen LogP contribution in [0.25, 0.3) is 11.4 Å². The minimum Gasteiger partial charge on any atom is -0.454 e. The molecule has 2 aliphatic rings. The van der Waals surface area contributed by atoms with Crippen molar-refractivity contribution in [1.82, 2.24) is 29.8 Å². The topological polar surface area (TPSA) is 114 Å². The van der Waals surface area contributed by atoms with Crippen LogP contribution in [0.3, 0.4) is 0 Å². The van der Waals surface area contributed by atoms with Crippen molar-refractivity contribution in [3.8, 4) is 22.9 Å². The van der Waals surface area contributed by atoms with E-state index in [0.29, 0.717) is 51.2 Å². The van der Waals surface area contributed by atoms with Gasteiger partial charge in [-0.05, 0) is 38.1 Å². The first-order valence-electron chi connectivity index (χ1n) is 13.3. The molecule has 0 atom stereocenters. The highest BCUT2D eigenvalue weighted by Gasteiger charge is 2.51. The Morgan fingerprint density at radius 2 is 1.66 bits per heavy atom. The molecule has 0 N–H and O–H groups in total. The first-order chi connectivity index (χ1) is 20.7. The number of rotatable bonds is 8. The van der Waals surface area contributed by atoms with E-state index < -0.39 is 59.0 Å². The van der Waals surface area contributed by atoms with Gasteiger partial charge in [-0.1, -0.05) is 5.16 Å². The zero-order valence-corrected chi connectivity index (χ0v) is 23.4. The van der Waals surface area contributed by atoms with Gasteiger partial charge >= 0.3 is 18.4 Å². The average Bonchev–Trinajstić information content (AvgIpc) is 3.49. The Balaban J connectivity index is 1.34. The van der Waals surface area contributed by atoms with Crippen LogP contribution in [0.1, 0.15) is 30.9 Å². The van der Waals surface area contributed by atoms with Crippen LogP contribution in [0.2, 0.25) is 0 Å². The molecule has 3 amide bonds. The number of nitrogens with zero attached hydrogens (tertiary/aromatic N) is 6. The fraction of sp³-hybridized carbons (Fsp3) is 0.444. The maximum Gasteiger partial charge on any atom is 0.420 e. The van der Waals surface area contributed by atoms with Gasteiger partial charge < -0.3 is 18.9 Å². The molecule has 0 spiro atoms. The molecule has 236 valence electrons. The highest BCUT2D eigenvalue weighted by Crippen LogP contribution is 2.43. The number of alkyl halides is 6. The third-order valence-corrected chi connectivity index (χ3v) is 7.26. The molecule has 0 unspecified atom stereocenters. The number of ether oxygens (including phenoxy) is 2. The first-order valence-corrected chi connectivity index (χ1v) is 13.3. The van der Waals surface area contributed by atoms with Crippen molar-refractivity contribution < 1.29 is 49.9 Å². The molecule has 4 heterocycles. The molecule has 11 nitrogen and oxygen atoms in total. The Kier molecular flexibility index (Phi) is 8.28. The SMILES string of the molecule is CC1(C)C(=O)N(Cc2nc(-c3ccc(Oc4cnccc4C(F)(F)F)c(C(F)(F)F)c3)no2)C(=O)N1CCN1CCOCC1. The quantitative estimate of drug-likeness (QED) is 0.256. The number of morpholine rings is 1. The molecule has 2 aromatic heterocycles. The van der Waals surface area contributed by atoms with Crippen LogP contribution in [0, 0.1) is 0 Å². The van der Waals surface area contributed by atoms with Crippen LogP contribution in [-0.4, -0.2) is 86.7 Å². The summed E-state index contributed by atoms with van der Waals surface area (Å²) < 4.78 is 97.4. The number of hydrogen-bond acceptors (Lipinski definition) is 9. The molecule has 0 bridgehead atoms. The Morgan fingerprint density at radius 1 is 0.955 bits per heavy atom. The molecule has 17 heteroatoms. The Bertz CT molecular complexity index is 1540. The Labute approximate surface area is 246 Å². The normalized spacial score (nSPS) is 17.9. The van der Waals surface area contributed by atoms with E-state index in [4.69, 9.17) is 14.0 Å². The predicted molar refractivity (Wildman–Crippen MR) is 138 cm³/mol. The smallest absolute Gasteiger partial charge is 0.420 e. The van der Waals surface area contributed by atoms with Gasteiger partial charge in [0.2, 0.25) is 11.7 Å². The fourth-order valence-corrected chi connectivity index (χ4v) is 4.86. The van der Waals surface area contributed by atoms with Crippen molar-refractivity contribution >= 4 is 11.9 Å². The second-order valence-corrected chi connectivity index (χ2v) is 10.5. The van der Waals surface area contributed by atoms with Crippen LogP contribution in [-0.2, 0) is 28.4 Å². The van der Waals surface area contributed by atoms with Crippen LogP contribution in [0.15, 0.2) is 41.2 Å². The first kappa shape index (κ1) is 31.2. The van der Waals surface area contributed by atoms with Gasteiger partial charge in [-0.2, -0.15) is 31.3 Å². The zero-order chi connectivity index (χ0) is 31.9. The van der Waals surface area contributed by atoms with Crippen molar-refractivity contribution in [2.24, 2.45) is 0 Å². The van der Waals surface area contributed by atoms with Crippen LogP contribution in [0.5, 0.6) is 11.5 Å². The number of carbonyl (C=O) groups is 2. The van der Waals surface area contributed by atoms with Gasteiger partial charge in [0.25, 0.3) is 5.91 Å². The van der Waals surface area contributed by atoms with Gasteiger partial charge in [0.05, 0.1) is 25.0 Å². The molecule has 5 rings (SSSR count). The second kappa shape index (κ2) is 11.7. The van der Waals surface area contributed by atoms with E-state index in [9.17, 15) is 35.9 Å². The molecule has 1 aromatic carbocycles. The van der Waals surface area contributed by atoms with Crippen molar-refractivity contribution in [3.63, 3.8) is 0 Å². The summed E-state index contributed by atoms with van der Waals surface area (Å²) in [7, 11) is 0. The van der Waals surface area contributed by atoms with Crippen molar-refractivity contribution in [1.29, 1.82) is 0 Å². The van der Waals surface area contributed by atoms with Crippen molar-refractivity contribution in [2.75, 3.05) is 39.4 Å². The number of amides is 3. The number of pyridine rings is 1. The Hall–Kier alpha value is -4.25. The largest absolute Gasteiger partial charge is 0.454 e. The molecule has 0 saturated carbocycles. The van der Waals surface area contributed by atoms with E-state index >= 15 is 0 Å². The minimum absolute atomic E-state index is 0.201. The summed E-state index contributed by atoms with van der Waals surface area (Å²) in [6.45, 7) is 6.16. The predicted octanol–water partition coefficient (Wildman–Crippen LogP) is 4.84. The van der Waals surface area contributed by atoms with Crippen molar-refractivity contribution in [2.45, 2.75) is 38.3 Å². The third kappa shape index (κ3) is 6.33. The number of carbonyl (C=O) groups excluding carboxylic acids is 2. The van der Waals surface area contributed by atoms with E-state index in [1.807, 2.05) is 0 Å². The number of hydrogen-bond donors (Lipinski definition) is 0. The van der Waals surface area contributed by atoms with E-state index in [-0.39, 0.29) is 23.8 Å². The molecule has 2 fully saturated rings. The standard InChI is InChI=1S/C27H26F6N6O5/c1-25(2)23(40)38(24(41)39(25)8-7-37-9-11-42-12-10-37)15-21-35-22(36-44-21)16-3-4-19(18(13-16)27(31,32)33)43-20-14-34-6-5-17(20)26(28,29)30/h3-6,13-14H,7-12,15H2,1-2H3. The van der Waals surface area contributed by atoms with Gasteiger partial charge in [-0.3, -0.25) is 19.6 Å². The van der Waals surface area contributed by atoms with E-state index in [0.717, 1.165) is 23.2 Å². The summed E-state index contributed by atoms with van der Waals surface area (Å²) >= 11 is 0. The maximum absolute atomic E-state index is 14.0. The van der Waals surface area contributed by atoms with Gasteiger partial charge in [0.15, 0.2) is 5.75 Å². The maximum atomic E-state index is 14.0. The number of aromatic nitrogens is 3. The van der Waals surface area contributed by atoms with Crippen molar-refractivity contribution in [3.05, 3.63) is 53.7 Å². The second-order valence-electron chi connectivity index (χ2n) is 10.5. The zero-order valence-electron chi connectivity index (χ0n) is 23.4. The molecular formula is C27H26F6N6O5. The molecule has 2 aliphatic heterocycles. The fourth-order valence-electron chi connectivity index (χ4n) is 4.86. The molecule has 0 radical (unpaired) electrons. The molecule has 44 heavy (non-hydrogen) atoms. The third-order valence-electron chi connectivity index (χ3n) is 7.26. The summed E-state index contributed by atoms with van der Waals surface area (Å²) in [4.78, 5) is 38.4. The van der Waals surface area contributed by atoms with E-state index in [1.54, 1.807) is 13.8 Å². The number of benzene rings is 1. The number of imide groups is 1. The van der Waals surface area contributed by atoms with Crippen LogP contribution >= 0.6 is 0 Å². The number of halogens is 6. The molecule has 3 aromatic rings. The van der Waals surface area contributed by atoms with E-state index in [1.165, 1.54) is 4.90 Å². The summed E-state index contributed by atoms with van der Waals surface area (Å²) in [6.07, 6.45) is -8.44. The van der Waals surface area contributed by atoms with Gasteiger partial charge in [-0.15, -0.1) is 0 Å². The highest BCUT2D eigenvalue weighted by atomic mass is 19.4. The lowest BCUT2D eigenvalue weighted by atomic mass is 10.0. The summed E-state index contributed by atoms with van der Waals surface area (Å²) in [5, 5.41) is 3.68. The lowest BCUT2D eigenvalue weighted by Gasteiger charge is -2.32. The molecule has 0 aliphatic carbocycles. The van der Waals surface area contributed by atoms with Crippen LogP contribution < -0.4 is 4.74 Å². The van der Waals surface area contributed by atoms with Gasteiger partial charge in [-0.25, -0.2) is 4.79 Å². The lowest BCUT2D eigenvalue weighted by Crippen LogP contribution is -2.48. The molecule has 2 saturated heterocycles. The van der Waals surface area contributed by atoms with Crippen LogP contribution in [0.4, 0.5) is 31.1 Å². The summed E-state index contributed by atoms with van der Waals surface area (Å²) in [5.74, 6) is -2.86. The Morgan fingerprint density at radius 3 is 2.34 bits per heavy atom. The highest BCUT2D eigenvalue weighted by molar-refractivity contribution is 6.06. The van der Waals surface area contributed by atoms with Gasteiger partial charge in [0, 0.05) is 37.9 Å². The van der Waals surface area contributed by atoms with E-state index in [2.05, 4.69) is 20.0 Å². The summed E-state index contributed by atoms with van der Waals surface area (Å²) in [6, 6.07) is 2.52. The number of urea groups is 1. The average molecular weight is 629 g/mol.